The monoisotopic (exact) mass is 443 g/mol. The minimum absolute atomic E-state index is 0.237. The highest BCUT2D eigenvalue weighted by atomic mass is 32.1. The molecule has 0 aliphatic rings. The van der Waals surface area contributed by atoms with Crippen LogP contribution in [0.5, 0.6) is 5.75 Å². The second-order valence-corrected chi connectivity index (χ2v) is 8.65. The van der Waals surface area contributed by atoms with E-state index in [2.05, 4.69) is 18.0 Å². The van der Waals surface area contributed by atoms with Crippen LogP contribution in [0.3, 0.4) is 0 Å². The molecule has 1 amide bonds. The molecule has 0 saturated carbocycles. The molecular weight excluding hydrogens is 422 g/mol. The van der Waals surface area contributed by atoms with Crippen LogP contribution in [-0.2, 0) is 6.54 Å². The highest BCUT2D eigenvalue weighted by Gasteiger charge is 2.26. The molecule has 32 heavy (non-hydrogen) atoms. The van der Waals surface area contributed by atoms with E-state index in [1.807, 2.05) is 43.3 Å². The van der Waals surface area contributed by atoms with Gasteiger partial charge < -0.3 is 9.15 Å². The molecule has 5 aromatic rings. The molecule has 0 aliphatic carbocycles. The second kappa shape index (κ2) is 8.09. The topological polar surface area (TPSA) is 68.5 Å². The summed E-state index contributed by atoms with van der Waals surface area (Å²) in [5.41, 5.74) is 4.63. The number of aromatic nitrogens is 2. The predicted octanol–water partition coefficient (Wildman–Crippen LogP) is 5.91. The van der Waals surface area contributed by atoms with E-state index in [4.69, 9.17) is 14.1 Å². The van der Waals surface area contributed by atoms with E-state index in [0.29, 0.717) is 23.0 Å². The SMILES string of the molecule is COc1cccc2cc(C(=O)N(Cc3cccnc3)c3nc4cc(C)cc(C)c4s3)oc12. The zero-order valence-corrected chi connectivity index (χ0v) is 18.8. The third-order valence-electron chi connectivity index (χ3n) is 5.29. The Kier molecular flexibility index (Phi) is 5.11. The van der Waals surface area contributed by atoms with Gasteiger partial charge in [-0.2, -0.15) is 0 Å². The molecule has 0 spiro atoms. The molecule has 160 valence electrons. The molecule has 0 bridgehead atoms. The number of aryl methyl sites for hydroxylation is 2. The van der Waals surface area contributed by atoms with Crippen LogP contribution < -0.4 is 9.64 Å². The van der Waals surface area contributed by atoms with Crippen LogP contribution in [0.2, 0.25) is 0 Å². The maximum absolute atomic E-state index is 13.7. The van der Waals surface area contributed by atoms with Gasteiger partial charge in [0.25, 0.3) is 5.91 Å². The van der Waals surface area contributed by atoms with E-state index < -0.39 is 0 Å². The number of carbonyl (C=O) groups is 1. The summed E-state index contributed by atoms with van der Waals surface area (Å²) in [7, 11) is 1.58. The van der Waals surface area contributed by atoms with E-state index in [-0.39, 0.29) is 11.7 Å². The van der Waals surface area contributed by atoms with Gasteiger partial charge in [0, 0.05) is 17.8 Å². The third kappa shape index (κ3) is 3.61. The third-order valence-corrected chi connectivity index (χ3v) is 6.52. The molecular formula is C25H21N3O3S. The number of anilines is 1. The van der Waals surface area contributed by atoms with Crippen molar-refractivity contribution in [2.45, 2.75) is 20.4 Å². The molecule has 7 heteroatoms. The molecule has 0 aliphatic heterocycles. The molecule has 0 atom stereocenters. The number of benzene rings is 2. The van der Waals surface area contributed by atoms with E-state index >= 15 is 0 Å². The van der Waals surface area contributed by atoms with Crippen molar-refractivity contribution in [1.29, 1.82) is 0 Å². The number of hydrogen-bond donors (Lipinski definition) is 0. The lowest BCUT2D eigenvalue weighted by Crippen LogP contribution is -2.30. The molecule has 0 unspecified atom stereocenters. The number of furan rings is 1. The molecule has 5 rings (SSSR count). The smallest absolute Gasteiger partial charge is 0.296 e. The second-order valence-electron chi connectivity index (χ2n) is 7.67. The Bertz CT molecular complexity index is 1440. The molecule has 3 heterocycles. The van der Waals surface area contributed by atoms with Crippen molar-refractivity contribution in [3.8, 4) is 5.75 Å². The quantitative estimate of drug-likeness (QED) is 0.338. The van der Waals surface area contributed by atoms with Gasteiger partial charge in [-0.1, -0.05) is 35.6 Å². The Labute approximate surface area is 189 Å². The van der Waals surface area contributed by atoms with E-state index in [1.165, 1.54) is 11.3 Å². The standard InChI is InChI=1S/C25H21N3O3S/c1-15-10-16(2)23-19(11-15)27-25(32-23)28(14-17-6-5-9-26-13-17)24(29)21-12-18-7-4-8-20(30-3)22(18)31-21/h4-13H,14H2,1-3H3. The fraction of sp³-hybridized carbons (Fsp3) is 0.160. The average molecular weight is 444 g/mol. The van der Waals surface area contributed by atoms with Crippen LogP contribution in [0.15, 0.2) is 65.3 Å². The number of thiazole rings is 1. The average Bonchev–Trinajstić information content (AvgIpc) is 3.42. The number of carbonyl (C=O) groups excluding carboxylic acids is 1. The number of rotatable bonds is 5. The summed E-state index contributed by atoms with van der Waals surface area (Å²) in [6.07, 6.45) is 3.47. The van der Waals surface area contributed by atoms with Crippen molar-refractivity contribution < 1.29 is 13.9 Å². The van der Waals surface area contributed by atoms with E-state index in [0.717, 1.165) is 32.3 Å². The largest absolute Gasteiger partial charge is 0.493 e. The molecule has 2 aromatic carbocycles. The Balaban J connectivity index is 1.61. The lowest BCUT2D eigenvalue weighted by Gasteiger charge is -2.18. The molecule has 0 fully saturated rings. The lowest BCUT2D eigenvalue weighted by atomic mass is 10.1. The van der Waals surface area contributed by atoms with Gasteiger partial charge in [0.15, 0.2) is 22.2 Å². The number of methoxy groups -OCH3 is 1. The highest BCUT2D eigenvalue weighted by Crippen LogP contribution is 2.35. The summed E-state index contributed by atoms with van der Waals surface area (Å²) < 4.78 is 12.4. The Morgan fingerprint density at radius 1 is 1.16 bits per heavy atom. The Morgan fingerprint density at radius 2 is 2.03 bits per heavy atom. The Hall–Kier alpha value is -3.71. The fourth-order valence-electron chi connectivity index (χ4n) is 3.82. The van der Waals surface area contributed by atoms with Crippen LogP contribution in [0.25, 0.3) is 21.2 Å². The van der Waals surface area contributed by atoms with Gasteiger partial charge in [-0.05, 0) is 54.8 Å². The minimum atomic E-state index is -0.263. The minimum Gasteiger partial charge on any atom is -0.493 e. The van der Waals surface area contributed by atoms with Gasteiger partial charge in [0.05, 0.1) is 23.9 Å². The van der Waals surface area contributed by atoms with E-state index in [9.17, 15) is 4.79 Å². The molecule has 0 N–H and O–H groups in total. The van der Waals surface area contributed by atoms with Crippen LogP contribution >= 0.6 is 11.3 Å². The lowest BCUT2D eigenvalue weighted by molar-refractivity contribution is 0.0960. The number of ether oxygens (including phenoxy) is 1. The summed E-state index contributed by atoms with van der Waals surface area (Å²) in [5, 5.41) is 1.43. The van der Waals surface area contributed by atoms with Gasteiger partial charge in [-0.25, -0.2) is 4.98 Å². The maximum atomic E-state index is 13.7. The number of fused-ring (bicyclic) bond motifs is 2. The van der Waals surface area contributed by atoms with Crippen molar-refractivity contribution in [3.05, 3.63) is 83.4 Å². The molecule has 0 radical (unpaired) electrons. The number of nitrogens with zero attached hydrogens (tertiary/aromatic N) is 3. The predicted molar refractivity (Wildman–Crippen MR) is 127 cm³/mol. The molecule has 0 saturated heterocycles. The fourth-order valence-corrected chi connectivity index (χ4v) is 4.83. The summed E-state index contributed by atoms with van der Waals surface area (Å²) in [6, 6.07) is 15.3. The number of hydrogen-bond acceptors (Lipinski definition) is 6. The number of pyridine rings is 1. The summed E-state index contributed by atoms with van der Waals surface area (Å²) >= 11 is 1.50. The zero-order valence-electron chi connectivity index (χ0n) is 18.0. The first-order valence-electron chi connectivity index (χ1n) is 10.2. The van der Waals surface area contributed by atoms with Gasteiger partial charge in [0.2, 0.25) is 0 Å². The van der Waals surface area contributed by atoms with Crippen molar-refractivity contribution in [1.82, 2.24) is 9.97 Å². The van der Waals surface area contributed by atoms with E-state index in [1.54, 1.807) is 30.5 Å². The van der Waals surface area contributed by atoms with Crippen molar-refractivity contribution in [3.63, 3.8) is 0 Å². The first-order valence-corrected chi connectivity index (χ1v) is 11.0. The maximum Gasteiger partial charge on any atom is 0.296 e. The van der Waals surface area contributed by atoms with Gasteiger partial charge in [-0.15, -0.1) is 0 Å². The van der Waals surface area contributed by atoms with Crippen LogP contribution in [-0.4, -0.2) is 23.0 Å². The summed E-state index contributed by atoms with van der Waals surface area (Å²) in [5.74, 6) is 0.563. The van der Waals surface area contributed by atoms with Crippen molar-refractivity contribution >= 4 is 43.6 Å². The van der Waals surface area contributed by atoms with Gasteiger partial charge in [-0.3, -0.25) is 14.7 Å². The summed E-state index contributed by atoms with van der Waals surface area (Å²) in [6.45, 7) is 4.45. The molecule has 3 aromatic heterocycles. The van der Waals surface area contributed by atoms with Crippen molar-refractivity contribution in [2.75, 3.05) is 12.0 Å². The number of amides is 1. The van der Waals surface area contributed by atoms with Gasteiger partial charge in [0.1, 0.15) is 0 Å². The first-order chi connectivity index (χ1) is 15.5. The highest BCUT2D eigenvalue weighted by molar-refractivity contribution is 7.22. The van der Waals surface area contributed by atoms with Crippen LogP contribution in [0.4, 0.5) is 5.13 Å². The normalized spacial score (nSPS) is 11.2. The van der Waals surface area contributed by atoms with Crippen molar-refractivity contribution in [2.24, 2.45) is 0 Å². The Morgan fingerprint density at radius 3 is 2.81 bits per heavy atom. The first kappa shape index (κ1) is 20.2. The van der Waals surface area contributed by atoms with Gasteiger partial charge >= 0.3 is 0 Å². The summed E-state index contributed by atoms with van der Waals surface area (Å²) in [4.78, 5) is 24.3. The zero-order chi connectivity index (χ0) is 22.2. The van der Waals surface area contributed by atoms with Crippen LogP contribution in [0.1, 0.15) is 27.2 Å². The molecule has 6 nitrogen and oxygen atoms in total. The van der Waals surface area contributed by atoms with Crippen LogP contribution in [0, 0.1) is 13.8 Å². The number of para-hydroxylation sites is 1.